The Labute approximate surface area is 84.1 Å². The third-order valence-corrected chi connectivity index (χ3v) is 2.48. The van der Waals surface area contributed by atoms with Gasteiger partial charge in [-0.05, 0) is 22.0 Å². The number of aliphatic hydroxyl groups excluding tert-OH is 1. The smallest absolute Gasteiger partial charge is 0.141 e. The van der Waals surface area contributed by atoms with Gasteiger partial charge in [-0.1, -0.05) is 6.92 Å². The highest BCUT2D eigenvalue weighted by Gasteiger charge is 2.12. The number of aromatic hydroxyl groups is 1. The molecular formula is C9H10BrFO2. The molecule has 2 nitrogen and oxygen atoms in total. The van der Waals surface area contributed by atoms with Crippen molar-refractivity contribution in [1.82, 2.24) is 0 Å². The number of hydrogen-bond acceptors (Lipinski definition) is 2. The molecule has 13 heavy (non-hydrogen) atoms. The second kappa shape index (κ2) is 4.07. The summed E-state index contributed by atoms with van der Waals surface area (Å²) in [5.74, 6) is -0.828. The molecule has 0 aliphatic carbocycles. The van der Waals surface area contributed by atoms with Gasteiger partial charge < -0.3 is 10.2 Å². The Kier molecular flexibility index (Phi) is 3.27. The van der Waals surface area contributed by atoms with Crippen molar-refractivity contribution < 1.29 is 14.6 Å². The number of phenolic OH excluding ortho intramolecular Hbond substituents is 1. The zero-order chi connectivity index (χ0) is 10.0. The fourth-order valence-corrected chi connectivity index (χ4v) is 1.41. The highest BCUT2D eigenvalue weighted by molar-refractivity contribution is 9.10. The summed E-state index contributed by atoms with van der Waals surface area (Å²) in [6.07, 6.45) is 0. The summed E-state index contributed by atoms with van der Waals surface area (Å²) in [5.41, 5.74) is 0.538. The van der Waals surface area contributed by atoms with Crippen molar-refractivity contribution in [3.63, 3.8) is 0 Å². The quantitative estimate of drug-likeness (QED) is 0.844. The number of phenols is 1. The molecule has 0 aromatic heterocycles. The van der Waals surface area contributed by atoms with Gasteiger partial charge in [0, 0.05) is 24.2 Å². The molecule has 1 aromatic rings. The lowest BCUT2D eigenvalue weighted by atomic mass is 10.0. The lowest BCUT2D eigenvalue weighted by Crippen LogP contribution is -1.99. The monoisotopic (exact) mass is 248 g/mol. The molecule has 1 rings (SSSR count). The van der Waals surface area contributed by atoms with Crippen LogP contribution >= 0.6 is 15.9 Å². The molecule has 0 bridgehead atoms. The molecule has 0 aliphatic heterocycles. The first-order chi connectivity index (χ1) is 6.06. The van der Waals surface area contributed by atoms with E-state index >= 15 is 0 Å². The first-order valence-corrected chi connectivity index (χ1v) is 4.64. The molecule has 0 radical (unpaired) electrons. The van der Waals surface area contributed by atoms with Crippen LogP contribution in [-0.4, -0.2) is 16.8 Å². The topological polar surface area (TPSA) is 40.5 Å². The summed E-state index contributed by atoms with van der Waals surface area (Å²) < 4.78 is 13.1. The van der Waals surface area contributed by atoms with Crippen LogP contribution in [0.3, 0.4) is 0 Å². The van der Waals surface area contributed by atoms with E-state index in [4.69, 9.17) is 5.11 Å². The van der Waals surface area contributed by atoms with Crippen LogP contribution in [-0.2, 0) is 0 Å². The van der Waals surface area contributed by atoms with Gasteiger partial charge in [0.15, 0.2) is 0 Å². The normalized spacial score (nSPS) is 12.9. The van der Waals surface area contributed by atoms with Crippen molar-refractivity contribution in [2.45, 2.75) is 12.8 Å². The molecule has 0 heterocycles. The minimum atomic E-state index is -0.508. The van der Waals surface area contributed by atoms with Crippen molar-refractivity contribution in [1.29, 1.82) is 0 Å². The zero-order valence-corrected chi connectivity index (χ0v) is 8.68. The summed E-state index contributed by atoms with van der Waals surface area (Å²) in [4.78, 5) is 0. The number of rotatable bonds is 2. The van der Waals surface area contributed by atoms with E-state index in [0.29, 0.717) is 10.0 Å². The van der Waals surface area contributed by atoms with Crippen LogP contribution in [0, 0.1) is 5.82 Å². The van der Waals surface area contributed by atoms with E-state index in [1.807, 2.05) is 0 Å². The number of halogens is 2. The number of benzene rings is 1. The van der Waals surface area contributed by atoms with Crippen LogP contribution in [0.1, 0.15) is 18.4 Å². The van der Waals surface area contributed by atoms with Crippen molar-refractivity contribution in [2.75, 3.05) is 6.61 Å². The second-order valence-electron chi connectivity index (χ2n) is 2.91. The van der Waals surface area contributed by atoms with Crippen LogP contribution in [0.5, 0.6) is 5.75 Å². The van der Waals surface area contributed by atoms with E-state index in [0.717, 1.165) is 6.07 Å². The minimum absolute atomic E-state index is 0.0777. The fourth-order valence-electron chi connectivity index (χ4n) is 1.04. The Hall–Kier alpha value is -0.610. The Morgan fingerprint density at radius 3 is 2.69 bits per heavy atom. The lowest BCUT2D eigenvalue weighted by Gasteiger charge is -2.11. The molecule has 0 fully saturated rings. The Morgan fingerprint density at radius 1 is 1.54 bits per heavy atom. The van der Waals surface area contributed by atoms with Crippen molar-refractivity contribution in [3.8, 4) is 5.75 Å². The molecule has 0 amide bonds. The van der Waals surface area contributed by atoms with Gasteiger partial charge in [-0.2, -0.15) is 0 Å². The van der Waals surface area contributed by atoms with Crippen molar-refractivity contribution in [3.05, 3.63) is 28.0 Å². The summed E-state index contributed by atoms with van der Waals surface area (Å²) in [5, 5.41) is 18.2. The van der Waals surface area contributed by atoms with Gasteiger partial charge in [0.25, 0.3) is 0 Å². The Bertz CT molecular complexity index is 315. The summed E-state index contributed by atoms with van der Waals surface area (Å²) in [6.45, 7) is 1.67. The van der Waals surface area contributed by atoms with Gasteiger partial charge in [0.05, 0.1) is 4.47 Å². The predicted molar refractivity (Wildman–Crippen MR) is 51.3 cm³/mol. The van der Waals surface area contributed by atoms with Gasteiger partial charge in [-0.15, -0.1) is 0 Å². The van der Waals surface area contributed by atoms with Crippen LogP contribution in [0.25, 0.3) is 0 Å². The average Bonchev–Trinajstić information content (AvgIpc) is 2.10. The van der Waals surface area contributed by atoms with Gasteiger partial charge in [0.2, 0.25) is 0 Å². The maximum atomic E-state index is 12.9. The van der Waals surface area contributed by atoms with E-state index < -0.39 is 5.82 Å². The molecule has 4 heteroatoms. The van der Waals surface area contributed by atoms with E-state index in [2.05, 4.69) is 15.9 Å². The lowest BCUT2D eigenvalue weighted by molar-refractivity contribution is 0.270. The average molecular weight is 249 g/mol. The fraction of sp³-hybridized carbons (Fsp3) is 0.333. The molecule has 0 spiro atoms. The Morgan fingerprint density at radius 2 is 2.15 bits per heavy atom. The molecule has 72 valence electrons. The molecule has 1 aromatic carbocycles. The summed E-state index contributed by atoms with van der Waals surface area (Å²) >= 11 is 3.01. The molecule has 1 unspecified atom stereocenters. The first-order valence-electron chi connectivity index (χ1n) is 3.85. The molecule has 1 atom stereocenters. The minimum Gasteiger partial charge on any atom is -0.508 e. The van der Waals surface area contributed by atoms with Crippen molar-refractivity contribution in [2.24, 2.45) is 0 Å². The maximum absolute atomic E-state index is 12.9. The highest BCUT2D eigenvalue weighted by atomic mass is 79.9. The van der Waals surface area contributed by atoms with Crippen LogP contribution in [0.4, 0.5) is 4.39 Å². The summed E-state index contributed by atoms with van der Waals surface area (Å²) in [6, 6.07) is 2.51. The van der Waals surface area contributed by atoms with Crippen LogP contribution in [0.15, 0.2) is 16.6 Å². The Balaban J connectivity index is 3.15. The van der Waals surface area contributed by atoms with Gasteiger partial charge >= 0.3 is 0 Å². The number of hydrogen-bond donors (Lipinski definition) is 2. The van der Waals surface area contributed by atoms with Crippen LogP contribution < -0.4 is 0 Å². The highest BCUT2D eigenvalue weighted by Crippen LogP contribution is 2.30. The molecule has 2 N–H and O–H groups in total. The molecule has 0 saturated carbocycles. The van der Waals surface area contributed by atoms with E-state index in [-0.39, 0.29) is 18.3 Å². The zero-order valence-electron chi connectivity index (χ0n) is 7.09. The van der Waals surface area contributed by atoms with E-state index in [9.17, 15) is 9.50 Å². The standard InChI is InChI=1S/C9H10BrFO2/c1-5(4-12)6-2-7(10)8(11)3-9(6)13/h2-3,5,12-13H,4H2,1H3. The number of aliphatic hydroxyl groups is 1. The predicted octanol–water partition coefficient (Wildman–Crippen LogP) is 2.39. The third kappa shape index (κ3) is 2.19. The molecular weight excluding hydrogens is 239 g/mol. The third-order valence-electron chi connectivity index (χ3n) is 1.87. The summed E-state index contributed by atoms with van der Waals surface area (Å²) in [7, 11) is 0. The van der Waals surface area contributed by atoms with E-state index in [1.165, 1.54) is 6.07 Å². The van der Waals surface area contributed by atoms with Gasteiger partial charge in [-0.3, -0.25) is 0 Å². The largest absolute Gasteiger partial charge is 0.508 e. The first kappa shape index (κ1) is 10.5. The van der Waals surface area contributed by atoms with E-state index in [1.54, 1.807) is 6.92 Å². The van der Waals surface area contributed by atoms with Crippen molar-refractivity contribution >= 4 is 15.9 Å². The second-order valence-corrected chi connectivity index (χ2v) is 3.76. The van der Waals surface area contributed by atoms with Crippen LogP contribution in [0.2, 0.25) is 0 Å². The van der Waals surface area contributed by atoms with Gasteiger partial charge in [-0.25, -0.2) is 4.39 Å². The molecule has 0 aliphatic rings. The van der Waals surface area contributed by atoms with Gasteiger partial charge in [0.1, 0.15) is 11.6 Å². The SMILES string of the molecule is CC(CO)c1cc(Br)c(F)cc1O. The maximum Gasteiger partial charge on any atom is 0.141 e. The molecule has 0 saturated heterocycles.